The number of piperidine rings is 1. The predicted molar refractivity (Wildman–Crippen MR) is 80.2 cm³/mol. The van der Waals surface area contributed by atoms with Gasteiger partial charge in [0.05, 0.1) is 4.90 Å². The molecule has 112 valence electrons. The highest BCUT2D eigenvalue weighted by Gasteiger charge is 2.17. The summed E-state index contributed by atoms with van der Waals surface area (Å²) in [5.41, 5.74) is 0.383. The van der Waals surface area contributed by atoms with Gasteiger partial charge in [-0.15, -0.1) is 12.4 Å². The van der Waals surface area contributed by atoms with Gasteiger partial charge in [0, 0.05) is 24.4 Å². The van der Waals surface area contributed by atoms with E-state index in [-0.39, 0.29) is 29.3 Å². The van der Waals surface area contributed by atoms with E-state index >= 15 is 0 Å². The van der Waals surface area contributed by atoms with Gasteiger partial charge < -0.3 is 10.6 Å². The lowest BCUT2D eigenvalue weighted by Gasteiger charge is -2.23. The molecule has 5 nitrogen and oxygen atoms in total. The van der Waals surface area contributed by atoms with Crippen LogP contribution in [0.25, 0.3) is 0 Å². The summed E-state index contributed by atoms with van der Waals surface area (Å²) in [6, 6.07) is 6.24. The standard InChI is InChI=1S/C13H18N2O3S.ClH/c1-19(17,18)12-6-2-4-10(8-12)13(16)15-11-5-3-7-14-9-11;/h2,4,6,8,11,14H,3,5,7,9H2,1H3,(H,15,16);1H. The SMILES string of the molecule is CS(=O)(=O)c1cccc(C(=O)NC2CCCNC2)c1.Cl. The molecule has 1 aromatic rings. The summed E-state index contributed by atoms with van der Waals surface area (Å²) in [6.45, 7) is 1.74. The fourth-order valence-electron chi connectivity index (χ4n) is 2.11. The first kappa shape index (κ1) is 16.9. The summed E-state index contributed by atoms with van der Waals surface area (Å²) in [6.07, 6.45) is 3.12. The molecule has 0 spiro atoms. The van der Waals surface area contributed by atoms with Crippen molar-refractivity contribution < 1.29 is 13.2 Å². The third-order valence-electron chi connectivity index (χ3n) is 3.16. The van der Waals surface area contributed by atoms with E-state index in [0.717, 1.165) is 32.2 Å². The van der Waals surface area contributed by atoms with Crippen LogP contribution in [0.1, 0.15) is 23.2 Å². The van der Waals surface area contributed by atoms with Gasteiger partial charge >= 0.3 is 0 Å². The van der Waals surface area contributed by atoms with Crippen molar-refractivity contribution >= 4 is 28.2 Å². The lowest BCUT2D eigenvalue weighted by atomic mass is 10.1. The Morgan fingerprint density at radius 3 is 2.75 bits per heavy atom. The Hall–Kier alpha value is -1.11. The fourth-order valence-corrected chi connectivity index (χ4v) is 2.78. The highest BCUT2D eigenvalue weighted by atomic mass is 35.5. The molecule has 1 atom stereocenters. The number of hydrogen-bond acceptors (Lipinski definition) is 4. The number of halogens is 1. The Kier molecular flexibility index (Phi) is 5.98. The van der Waals surface area contributed by atoms with E-state index in [0.29, 0.717) is 5.56 Å². The van der Waals surface area contributed by atoms with E-state index in [9.17, 15) is 13.2 Å². The van der Waals surface area contributed by atoms with Crippen molar-refractivity contribution in [2.75, 3.05) is 19.3 Å². The van der Waals surface area contributed by atoms with Crippen LogP contribution in [0.5, 0.6) is 0 Å². The zero-order valence-electron chi connectivity index (χ0n) is 11.3. The van der Waals surface area contributed by atoms with Crippen LogP contribution in [0.15, 0.2) is 29.2 Å². The van der Waals surface area contributed by atoms with E-state index < -0.39 is 9.84 Å². The van der Waals surface area contributed by atoms with Crippen molar-refractivity contribution in [2.45, 2.75) is 23.8 Å². The minimum Gasteiger partial charge on any atom is -0.348 e. The summed E-state index contributed by atoms with van der Waals surface area (Å²) < 4.78 is 22.9. The van der Waals surface area contributed by atoms with Crippen LogP contribution in [0, 0.1) is 0 Å². The molecule has 1 amide bonds. The number of nitrogens with one attached hydrogen (secondary N) is 2. The summed E-state index contributed by atoms with van der Waals surface area (Å²) >= 11 is 0. The largest absolute Gasteiger partial charge is 0.348 e. The average molecular weight is 319 g/mol. The fraction of sp³-hybridized carbons (Fsp3) is 0.462. The molecule has 2 rings (SSSR count). The number of sulfone groups is 1. The summed E-state index contributed by atoms with van der Waals surface area (Å²) in [4.78, 5) is 12.2. The molecule has 0 aliphatic carbocycles. The second-order valence-corrected chi connectivity index (χ2v) is 6.83. The van der Waals surface area contributed by atoms with Crippen molar-refractivity contribution in [1.29, 1.82) is 0 Å². The van der Waals surface area contributed by atoms with Crippen LogP contribution in [-0.2, 0) is 9.84 Å². The first-order valence-electron chi connectivity index (χ1n) is 6.28. The number of amides is 1. The first-order valence-corrected chi connectivity index (χ1v) is 8.17. The first-order chi connectivity index (χ1) is 8.97. The molecule has 1 aliphatic rings. The van der Waals surface area contributed by atoms with Gasteiger partial charge in [0.1, 0.15) is 0 Å². The van der Waals surface area contributed by atoms with Gasteiger partial charge in [-0.1, -0.05) is 6.07 Å². The van der Waals surface area contributed by atoms with Gasteiger partial charge in [0.25, 0.3) is 5.91 Å². The molecule has 1 aromatic carbocycles. The molecule has 1 fully saturated rings. The van der Waals surface area contributed by atoms with Crippen LogP contribution in [0.4, 0.5) is 0 Å². The van der Waals surface area contributed by atoms with Crippen molar-refractivity contribution in [2.24, 2.45) is 0 Å². The summed E-state index contributed by atoms with van der Waals surface area (Å²) in [7, 11) is -3.28. The number of rotatable bonds is 3. The van der Waals surface area contributed by atoms with Crippen molar-refractivity contribution in [1.82, 2.24) is 10.6 Å². The Bertz CT molecular complexity index is 569. The van der Waals surface area contributed by atoms with Gasteiger partial charge in [-0.05, 0) is 37.6 Å². The van der Waals surface area contributed by atoms with Crippen molar-refractivity contribution in [3.05, 3.63) is 29.8 Å². The Labute approximate surface area is 125 Å². The van der Waals surface area contributed by atoms with E-state index in [1.807, 2.05) is 0 Å². The zero-order chi connectivity index (χ0) is 13.9. The minimum absolute atomic E-state index is 0. The highest BCUT2D eigenvalue weighted by Crippen LogP contribution is 2.12. The predicted octanol–water partition coefficient (Wildman–Crippen LogP) is 0.994. The van der Waals surface area contributed by atoms with Gasteiger partial charge in [-0.25, -0.2) is 8.42 Å². The van der Waals surface area contributed by atoms with Gasteiger partial charge in [-0.2, -0.15) is 0 Å². The minimum atomic E-state index is -3.28. The Balaban J connectivity index is 0.00000200. The Morgan fingerprint density at radius 2 is 2.15 bits per heavy atom. The quantitative estimate of drug-likeness (QED) is 0.871. The van der Waals surface area contributed by atoms with Crippen molar-refractivity contribution in [3.8, 4) is 0 Å². The van der Waals surface area contributed by atoms with Crippen LogP contribution < -0.4 is 10.6 Å². The molecule has 2 N–H and O–H groups in total. The van der Waals surface area contributed by atoms with Crippen LogP contribution in [-0.4, -0.2) is 39.7 Å². The number of carbonyl (C=O) groups excluding carboxylic acids is 1. The van der Waals surface area contributed by atoms with Crippen molar-refractivity contribution in [3.63, 3.8) is 0 Å². The number of carbonyl (C=O) groups is 1. The van der Waals surface area contributed by atoms with E-state index in [2.05, 4.69) is 10.6 Å². The topological polar surface area (TPSA) is 75.3 Å². The molecule has 20 heavy (non-hydrogen) atoms. The molecule has 1 saturated heterocycles. The van der Waals surface area contributed by atoms with Gasteiger partial charge in [0.2, 0.25) is 0 Å². The maximum atomic E-state index is 12.1. The van der Waals surface area contributed by atoms with Crippen LogP contribution in [0.2, 0.25) is 0 Å². The monoisotopic (exact) mass is 318 g/mol. The number of hydrogen-bond donors (Lipinski definition) is 2. The zero-order valence-corrected chi connectivity index (χ0v) is 12.9. The lowest BCUT2D eigenvalue weighted by molar-refractivity contribution is 0.0930. The van der Waals surface area contributed by atoms with Crippen LogP contribution in [0.3, 0.4) is 0 Å². The summed E-state index contributed by atoms with van der Waals surface area (Å²) in [5.74, 6) is -0.223. The molecule has 0 aromatic heterocycles. The maximum absolute atomic E-state index is 12.1. The smallest absolute Gasteiger partial charge is 0.251 e. The molecule has 1 unspecified atom stereocenters. The third kappa shape index (κ3) is 4.47. The molecule has 0 saturated carbocycles. The normalized spacial score (nSPS) is 18.9. The lowest BCUT2D eigenvalue weighted by Crippen LogP contribution is -2.45. The van der Waals surface area contributed by atoms with Gasteiger partial charge in [0.15, 0.2) is 9.84 Å². The second kappa shape index (κ2) is 7.06. The molecule has 1 aliphatic heterocycles. The molecule has 0 bridgehead atoms. The third-order valence-corrected chi connectivity index (χ3v) is 4.27. The maximum Gasteiger partial charge on any atom is 0.251 e. The molecule has 0 radical (unpaired) electrons. The van der Waals surface area contributed by atoms with E-state index in [1.54, 1.807) is 12.1 Å². The highest BCUT2D eigenvalue weighted by molar-refractivity contribution is 7.90. The second-order valence-electron chi connectivity index (χ2n) is 4.82. The Morgan fingerprint density at radius 1 is 1.40 bits per heavy atom. The number of benzene rings is 1. The molecule has 7 heteroatoms. The summed E-state index contributed by atoms with van der Waals surface area (Å²) in [5, 5.41) is 6.13. The van der Waals surface area contributed by atoms with E-state index in [1.165, 1.54) is 12.1 Å². The van der Waals surface area contributed by atoms with E-state index in [4.69, 9.17) is 0 Å². The van der Waals surface area contributed by atoms with Crippen LogP contribution >= 0.6 is 12.4 Å². The average Bonchev–Trinajstić information content (AvgIpc) is 2.39. The molecular formula is C13H19ClN2O3S. The molecular weight excluding hydrogens is 300 g/mol. The molecule has 1 heterocycles. The van der Waals surface area contributed by atoms with Gasteiger partial charge in [-0.3, -0.25) is 4.79 Å².